The van der Waals surface area contributed by atoms with Gasteiger partial charge in [-0.3, -0.25) is 4.79 Å². The smallest absolute Gasteiger partial charge is 0.416 e. The van der Waals surface area contributed by atoms with Crippen molar-refractivity contribution < 1.29 is 37.0 Å². The molecule has 0 spiro atoms. The third-order valence-corrected chi connectivity index (χ3v) is 5.81. The van der Waals surface area contributed by atoms with Gasteiger partial charge >= 0.3 is 18.2 Å². The molecule has 32 heavy (non-hydrogen) atoms. The van der Waals surface area contributed by atoms with Crippen molar-refractivity contribution in [3.05, 3.63) is 41.3 Å². The highest BCUT2D eigenvalue weighted by Gasteiger charge is 2.32. The van der Waals surface area contributed by atoms with Crippen LogP contribution < -0.4 is 0 Å². The van der Waals surface area contributed by atoms with Crippen molar-refractivity contribution in [3.8, 4) is 11.5 Å². The highest BCUT2D eigenvalue weighted by atomic mass is 19.4. The second-order valence-electron chi connectivity index (χ2n) is 7.83. The standard InChI is InChI=1S/C22H25F3N2O5/c1-3-17(20(28)29)14-8-10-27(11-9-14)21(30)31-12-18-13(2)32-19(26-18)15-4-6-16(7-5-15)22(23,24)25/h4-7,14,17H,3,8-12H2,1-2H3,(H,28,29). The van der Waals surface area contributed by atoms with E-state index < -0.39 is 29.7 Å². The molecule has 174 valence electrons. The summed E-state index contributed by atoms with van der Waals surface area (Å²) in [5.74, 6) is -0.639. The molecule has 1 atom stereocenters. The van der Waals surface area contributed by atoms with Crippen molar-refractivity contribution in [3.63, 3.8) is 0 Å². The van der Waals surface area contributed by atoms with Gasteiger partial charge in [-0.25, -0.2) is 9.78 Å². The van der Waals surface area contributed by atoms with Gasteiger partial charge in [0.15, 0.2) is 0 Å². The number of carbonyl (C=O) groups excluding carboxylic acids is 1. The molecule has 10 heteroatoms. The Morgan fingerprint density at radius 1 is 1.25 bits per heavy atom. The van der Waals surface area contributed by atoms with Crippen molar-refractivity contribution >= 4 is 12.1 Å². The zero-order valence-electron chi connectivity index (χ0n) is 17.8. The van der Waals surface area contributed by atoms with Crippen LogP contribution in [0.3, 0.4) is 0 Å². The maximum atomic E-state index is 12.7. The number of hydrogen-bond acceptors (Lipinski definition) is 5. The average Bonchev–Trinajstić information content (AvgIpc) is 3.13. The number of halogens is 3. The number of benzene rings is 1. The van der Waals surface area contributed by atoms with Crippen LogP contribution in [0.1, 0.15) is 43.2 Å². The molecule has 1 aliphatic heterocycles. The summed E-state index contributed by atoms with van der Waals surface area (Å²) in [6.07, 6.45) is -3.20. The van der Waals surface area contributed by atoms with E-state index in [-0.39, 0.29) is 18.4 Å². The fourth-order valence-corrected chi connectivity index (χ4v) is 3.90. The number of carboxylic acids is 1. The predicted octanol–water partition coefficient (Wildman–Crippen LogP) is 5.13. The molecule has 3 rings (SSSR count). The number of amides is 1. The Morgan fingerprint density at radius 2 is 1.88 bits per heavy atom. The van der Waals surface area contributed by atoms with Gasteiger partial charge in [0, 0.05) is 18.7 Å². The van der Waals surface area contributed by atoms with Crippen LogP contribution in [0.5, 0.6) is 0 Å². The molecule has 7 nitrogen and oxygen atoms in total. The van der Waals surface area contributed by atoms with E-state index in [0.29, 0.717) is 49.4 Å². The van der Waals surface area contributed by atoms with Crippen molar-refractivity contribution in [2.75, 3.05) is 13.1 Å². The number of aryl methyl sites for hydroxylation is 1. The lowest BCUT2D eigenvalue weighted by molar-refractivity contribution is -0.144. The van der Waals surface area contributed by atoms with Crippen LogP contribution in [0.2, 0.25) is 0 Å². The monoisotopic (exact) mass is 454 g/mol. The molecule has 1 aromatic carbocycles. The van der Waals surface area contributed by atoms with Gasteiger partial charge in [-0.15, -0.1) is 0 Å². The number of piperidine rings is 1. The fraction of sp³-hybridized carbons (Fsp3) is 0.500. The maximum absolute atomic E-state index is 12.7. The number of aliphatic carboxylic acids is 1. The van der Waals surface area contributed by atoms with Gasteiger partial charge in [-0.2, -0.15) is 13.2 Å². The number of nitrogens with zero attached hydrogens (tertiary/aromatic N) is 2. The lowest BCUT2D eigenvalue weighted by Crippen LogP contribution is -2.41. The quantitative estimate of drug-likeness (QED) is 0.651. The van der Waals surface area contributed by atoms with Crippen LogP contribution in [-0.4, -0.2) is 40.1 Å². The molecule has 1 aromatic heterocycles. The number of likely N-dealkylation sites (tertiary alicyclic amines) is 1. The van der Waals surface area contributed by atoms with E-state index in [1.54, 1.807) is 6.92 Å². The Hall–Kier alpha value is -3.04. The van der Waals surface area contributed by atoms with Crippen molar-refractivity contribution in [1.29, 1.82) is 0 Å². The minimum absolute atomic E-state index is 0.0330. The SMILES string of the molecule is CCC(C(=O)O)C1CCN(C(=O)OCc2nc(-c3ccc(C(F)(F)F)cc3)oc2C)CC1. The summed E-state index contributed by atoms with van der Waals surface area (Å²) in [5, 5.41) is 9.30. The lowest BCUT2D eigenvalue weighted by Gasteiger charge is -2.33. The topological polar surface area (TPSA) is 92.9 Å². The number of hydrogen-bond donors (Lipinski definition) is 1. The van der Waals surface area contributed by atoms with Crippen LogP contribution in [0.25, 0.3) is 11.5 Å². The van der Waals surface area contributed by atoms with Crippen molar-refractivity contribution in [2.24, 2.45) is 11.8 Å². The van der Waals surface area contributed by atoms with Gasteiger partial charge in [0.05, 0.1) is 11.5 Å². The molecule has 1 unspecified atom stereocenters. The number of carbonyl (C=O) groups is 2. The van der Waals surface area contributed by atoms with Crippen molar-refractivity contribution in [2.45, 2.75) is 45.9 Å². The summed E-state index contributed by atoms with van der Waals surface area (Å²) < 4.78 is 49.0. The first-order chi connectivity index (χ1) is 15.1. The molecule has 1 aliphatic rings. The van der Waals surface area contributed by atoms with Crippen LogP contribution >= 0.6 is 0 Å². The number of ether oxygens (including phenoxy) is 1. The fourth-order valence-electron chi connectivity index (χ4n) is 3.90. The average molecular weight is 454 g/mol. The van der Waals surface area contributed by atoms with E-state index in [4.69, 9.17) is 9.15 Å². The first kappa shape index (κ1) is 23.6. The molecular weight excluding hydrogens is 429 g/mol. The number of aromatic nitrogens is 1. The van der Waals surface area contributed by atoms with E-state index in [0.717, 1.165) is 12.1 Å². The minimum atomic E-state index is -4.43. The molecular formula is C22H25F3N2O5. The molecule has 2 aromatic rings. The number of alkyl halides is 3. The van der Waals surface area contributed by atoms with Gasteiger partial charge in [-0.1, -0.05) is 6.92 Å². The van der Waals surface area contributed by atoms with Gasteiger partial charge in [-0.05, 0) is 56.4 Å². The molecule has 0 bridgehead atoms. The largest absolute Gasteiger partial charge is 0.481 e. The molecule has 1 amide bonds. The molecule has 0 aliphatic carbocycles. The molecule has 0 radical (unpaired) electrons. The Balaban J connectivity index is 1.56. The molecule has 2 heterocycles. The maximum Gasteiger partial charge on any atom is 0.416 e. The minimum Gasteiger partial charge on any atom is -0.481 e. The van der Waals surface area contributed by atoms with Gasteiger partial charge < -0.3 is 19.2 Å². The summed E-state index contributed by atoms with van der Waals surface area (Å²) in [7, 11) is 0. The highest BCUT2D eigenvalue weighted by molar-refractivity contribution is 5.70. The van der Waals surface area contributed by atoms with Gasteiger partial charge in [0.25, 0.3) is 0 Å². The third-order valence-electron chi connectivity index (χ3n) is 5.81. The van der Waals surface area contributed by atoms with Crippen LogP contribution in [0.15, 0.2) is 28.7 Å². The van der Waals surface area contributed by atoms with Crippen molar-refractivity contribution in [1.82, 2.24) is 9.88 Å². The molecule has 0 saturated carbocycles. The third kappa shape index (κ3) is 5.41. The Morgan fingerprint density at radius 3 is 2.41 bits per heavy atom. The Labute approximate surface area is 183 Å². The van der Waals surface area contributed by atoms with E-state index in [2.05, 4.69) is 4.98 Å². The number of rotatable bonds is 6. The summed E-state index contributed by atoms with van der Waals surface area (Å²) >= 11 is 0. The van der Waals surface area contributed by atoms with Crippen LogP contribution in [-0.2, 0) is 22.3 Å². The number of oxazole rings is 1. The Kier molecular flexibility index (Phi) is 7.10. The summed E-state index contributed by atoms with van der Waals surface area (Å²) in [4.78, 5) is 29.5. The zero-order valence-corrected chi connectivity index (χ0v) is 17.8. The predicted molar refractivity (Wildman–Crippen MR) is 108 cm³/mol. The lowest BCUT2D eigenvalue weighted by atomic mass is 9.83. The second-order valence-corrected chi connectivity index (χ2v) is 7.83. The first-order valence-corrected chi connectivity index (χ1v) is 10.4. The van der Waals surface area contributed by atoms with E-state index in [1.165, 1.54) is 17.0 Å². The van der Waals surface area contributed by atoms with Crippen LogP contribution in [0.4, 0.5) is 18.0 Å². The molecule has 1 N–H and O–H groups in total. The van der Waals surface area contributed by atoms with E-state index in [9.17, 15) is 27.9 Å². The van der Waals surface area contributed by atoms with E-state index >= 15 is 0 Å². The second kappa shape index (κ2) is 9.62. The van der Waals surface area contributed by atoms with E-state index in [1.807, 2.05) is 6.92 Å². The van der Waals surface area contributed by atoms with Gasteiger partial charge in [0.2, 0.25) is 5.89 Å². The van der Waals surface area contributed by atoms with Crippen LogP contribution in [0, 0.1) is 18.8 Å². The summed E-state index contributed by atoms with van der Waals surface area (Å²) in [5.41, 5.74) is -0.0132. The molecule has 1 fully saturated rings. The number of carboxylic acid groups (broad SMARTS) is 1. The highest BCUT2D eigenvalue weighted by Crippen LogP contribution is 2.31. The normalized spacial score (nSPS) is 16.1. The summed E-state index contributed by atoms with van der Waals surface area (Å²) in [6.45, 7) is 4.18. The summed E-state index contributed by atoms with van der Waals surface area (Å²) in [6, 6.07) is 4.45. The Bertz CT molecular complexity index is 947. The zero-order chi connectivity index (χ0) is 23.5. The first-order valence-electron chi connectivity index (χ1n) is 10.4. The van der Waals surface area contributed by atoms with Gasteiger partial charge in [0.1, 0.15) is 18.1 Å². The molecule has 1 saturated heterocycles.